The van der Waals surface area contributed by atoms with E-state index in [-0.39, 0.29) is 23.7 Å². The number of carbonyl (C=O) groups is 2. The molecule has 172 valence electrons. The van der Waals surface area contributed by atoms with Crippen molar-refractivity contribution in [1.29, 1.82) is 0 Å². The van der Waals surface area contributed by atoms with Gasteiger partial charge in [0.05, 0.1) is 5.69 Å². The number of aryl methyl sites for hydroxylation is 2. The summed E-state index contributed by atoms with van der Waals surface area (Å²) in [6.45, 7) is 10.2. The number of benzene rings is 2. The molecule has 0 fully saturated rings. The van der Waals surface area contributed by atoms with E-state index in [2.05, 4.69) is 5.32 Å². The van der Waals surface area contributed by atoms with Crippen LogP contribution in [0.15, 0.2) is 48.5 Å². The number of carbonyl (C=O) groups excluding carboxylic acids is 2. The van der Waals surface area contributed by atoms with Gasteiger partial charge < -0.3 is 5.32 Å². The molecule has 1 unspecified atom stereocenters. The number of hydrogen-bond acceptors (Lipinski definition) is 3. The zero-order valence-electron chi connectivity index (χ0n) is 19.6. The van der Waals surface area contributed by atoms with Crippen LogP contribution in [0.2, 0.25) is 0 Å². The predicted octanol–water partition coefficient (Wildman–Crippen LogP) is 4.52. The van der Waals surface area contributed by atoms with Gasteiger partial charge in [0, 0.05) is 29.6 Å². The molecular weight excluding hydrogens is 419 g/mol. The highest BCUT2D eigenvalue weighted by molar-refractivity contribution is 6.05. The van der Waals surface area contributed by atoms with Crippen LogP contribution in [0.4, 0.5) is 10.2 Å². The first-order chi connectivity index (χ1) is 15.7. The topological polar surface area (TPSA) is 67.2 Å². The number of nitrogens with one attached hydrogen (secondary N) is 1. The highest BCUT2D eigenvalue weighted by Gasteiger charge is 2.45. The number of nitrogens with zero attached hydrogens (tertiary/aromatic N) is 3. The fraction of sp³-hybridized carbons (Fsp3) is 0.346. The Labute approximate surface area is 193 Å². The Balaban J connectivity index is 1.88. The molecule has 33 heavy (non-hydrogen) atoms. The maximum atomic E-state index is 13.8. The van der Waals surface area contributed by atoms with Crippen LogP contribution in [0.3, 0.4) is 0 Å². The molecule has 0 spiro atoms. The third-order valence-electron chi connectivity index (χ3n) is 6.14. The van der Waals surface area contributed by atoms with Gasteiger partial charge in [0.1, 0.15) is 17.7 Å². The summed E-state index contributed by atoms with van der Waals surface area (Å²) in [7, 11) is 0. The van der Waals surface area contributed by atoms with Gasteiger partial charge in [-0.1, -0.05) is 29.8 Å². The van der Waals surface area contributed by atoms with Crippen LogP contribution < -0.4 is 10.2 Å². The van der Waals surface area contributed by atoms with Crippen molar-refractivity contribution in [1.82, 2.24) is 15.1 Å². The fourth-order valence-corrected chi connectivity index (χ4v) is 4.61. The van der Waals surface area contributed by atoms with E-state index in [1.54, 1.807) is 29.2 Å². The SMILES string of the molecule is CCN1C(=O)C(NC(=O)c2cccc(C)c2)[C@@H](c2ccc(F)cc2)c2c(C)nn(C(C)C)c21. The van der Waals surface area contributed by atoms with Crippen LogP contribution >= 0.6 is 0 Å². The molecule has 2 heterocycles. The van der Waals surface area contributed by atoms with E-state index in [1.165, 1.54) is 12.1 Å². The van der Waals surface area contributed by atoms with Gasteiger partial charge in [-0.3, -0.25) is 14.5 Å². The van der Waals surface area contributed by atoms with Crippen LogP contribution in [0.5, 0.6) is 0 Å². The van der Waals surface area contributed by atoms with Crippen molar-refractivity contribution in [3.8, 4) is 0 Å². The molecule has 0 saturated heterocycles. The number of amides is 2. The molecule has 1 N–H and O–H groups in total. The zero-order valence-corrected chi connectivity index (χ0v) is 19.6. The Morgan fingerprint density at radius 1 is 1.15 bits per heavy atom. The average molecular weight is 449 g/mol. The second-order valence-electron chi connectivity index (χ2n) is 8.79. The van der Waals surface area contributed by atoms with Crippen LogP contribution in [-0.4, -0.2) is 34.2 Å². The van der Waals surface area contributed by atoms with Crippen LogP contribution in [0.25, 0.3) is 0 Å². The number of likely N-dealkylation sites (N-methyl/N-ethyl adjacent to an activating group) is 1. The molecule has 0 aliphatic carbocycles. The normalized spacial score (nSPS) is 17.9. The molecule has 1 aliphatic rings. The lowest BCUT2D eigenvalue weighted by molar-refractivity contribution is -0.121. The summed E-state index contributed by atoms with van der Waals surface area (Å²) in [6, 6.07) is 12.6. The molecule has 2 amide bonds. The number of anilines is 1. The second-order valence-corrected chi connectivity index (χ2v) is 8.79. The smallest absolute Gasteiger partial charge is 0.251 e. The van der Waals surface area contributed by atoms with Crippen LogP contribution in [-0.2, 0) is 4.79 Å². The summed E-state index contributed by atoms with van der Waals surface area (Å²) >= 11 is 0. The van der Waals surface area contributed by atoms with Crippen molar-refractivity contribution >= 4 is 17.6 Å². The molecule has 0 radical (unpaired) electrons. The summed E-state index contributed by atoms with van der Waals surface area (Å²) in [6.07, 6.45) is 0. The Kier molecular flexibility index (Phi) is 6.06. The summed E-state index contributed by atoms with van der Waals surface area (Å²) in [5.41, 5.74) is 3.87. The molecular formula is C26H29FN4O2. The fourth-order valence-electron chi connectivity index (χ4n) is 4.61. The highest BCUT2D eigenvalue weighted by Crippen LogP contribution is 2.43. The molecule has 4 rings (SSSR count). The maximum Gasteiger partial charge on any atom is 0.251 e. The van der Waals surface area contributed by atoms with Crippen LogP contribution in [0, 0.1) is 19.7 Å². The standard InChI is InChI=1S/C26H29FN4O2/c1-6-30-25-21(17(5)29-31(25)15(2)3)22(18-10-12-20(27)13-11-18)23(26(30)33)28-24(32)19-9-7-8-16(4)14-19/h7-15,22-23H,6H2,1-5H3,(H,28,32)/t22-,23?/m0/s1. The molecule has 6 nitrogen and oxygen atoms in total. The lowest BCUT2D eigenvalue weighted by atomic mass is 9.81. The third-order valence-corrected chi connectivity index (χ3v) is 6.14. The van der Waals surface area contributed by atoms with Gasteiger partial charge in [0.2, 0.25) is 0 Å². The van der Waals surface area contributed by atoms with Crippen LogP contribution in [0.1, 0.15) is 65.5 Å². The number of hydrogen-bond donors (Lipinski definition) is 1. The molecule has 1 aromatic heterocycles. The van der Waals surface area contributed by atoms with E-state index in [0.717, 1.165) is 28.2 Å². The van der Waals surface area contributed by atoms with Gasteiger partial charge in [-0.15, -0.1) is 0 Å². The van der Waals surface area contributed by atoms with Gasteiger partial charge in [-0.2, -0.15) is 5.10 Å². The van der Waals surface area contributed by atoms with Crippen molar-refractivity contribution in [2.75, 3.05) is 11.4 Å². The number of aromatic nitrogens is 2. The van der Waals surface area contributed by atoms with Crippen molar-refractivity contribution < 1.29 is 14.0 Å². The minimum Gasteiger partial charge on any atom is -0.339 e. The molecule has 2 aromatic carbocycles. The molecule has 0 saturated carbocycles. The summed E-state index contributed by atoms with van der Waals surface area (Å²) in [5.74, 6) is -0.631. The quantitative estimate of drug-likeness (QED) is 0.624. The number of rotatable bonds is 5. The highest BCUT2D eigenvalue weighted by atomic mass is 19.1. The number of halogens is 1. The zero-order chi connectivity index (χ0) is 23.9. The first-order valence-corrected chi connectivity index (χ1v) is 11.3. The molecule has 3 aromatic rings. The largest absolute Gasteiger partial charge is 0.339 e. The molecule has 2 atom stereocenters. The van der Waals surface area contributed by atoms with Gasteiger partial charge in [0.15, 0.2) is 0 Å². The minimum absolute atomic E-state index is 0.0432. The average Bonchev–Trinajstić information content (AvgIpc) is 3.12. The lowest BCUT2D eigenvalue weighted by Gasteiger charge is -2.38. The third kappa shape index (κ3) is 4.03. The van der Waals surface area contributed by atoms with E-state index >= 15 is 0 Å². The number of fused-ring (bicyclic) bond motifs is 1. The van der Waals surface area contributed by atoms with Gasteiger partial charge in [-0.25, -0.2) is 9.07 Å². The first-order valence-electron chi connectivity index (χ1n) is 11.3. The Hall–Kier alpha value is -3.48. The second kappa shape index (κ2) is 8.81. The maximum absolute atomic E-state index is 13.8. The Bertz CT molecular complexity index is 1200. The van der Waals surface area contributed by atoms with E-state index in [9.17, 15) is 14.0 Å². The summed E-state index contributed by atoms with van der Waals surface area (Å²) < 4.78 is 15.6. The van der Waals surface area contributed by atoms with Gasteiger partial charge in [-0.05, 0) is 64.4 Å². The molecule has 0 bridgehead atoms. The van der Waals surface area contributed by atoms with E-state index in [1.807, 2.05) is 51.4 Å². The molecule has 7 heteroatoms. The monoisotopic (exact) mass is 448 g/mol. The van der Waals surface area contributed by atoms with E-state index < -0.39 is 12.0 Å². The molecule has 1 aliphatic heterocycles. The Morgan fingerprint density at radius 3 is 2.45 bits per heavy atom. The summed E-state index contributed by atoms with van der Waals surface area (Å²) in [4.78, 5) is 28.7. The van der Waals surface area contributed by atoms with Gasteiger partial charge >= 0.3 is 0 Å². The minimum atomic E-state index is -0.848. The van der Waals surface area contributed by atoms with Crippen molar-refractivity contribution in [3.63, 3.8) is 0 Å². The Morgan fingerprint density at radius 2 is 1.85 bits per heavy atom. The first kappa shape index (κ1) is 22.7. The predicted molar refractivity (Wildman–Crippen MR) is 126 cm³/mol. The van der Waals surface area contributed by atoms with Gasteiger partial charge in [0.25, 0.3) is 11.8 Å². The van der Waals surface area contributed by atoms with Crippen molar-refractivity contribution in [2.24, 2.45) is 0 Å². The van der Waals surface area contributed by atoms with E-state index in [0.29, 0.717) is 12.1 Å². The van der Waals surface area contributed by atoms with Crippen molar-refractivity contribution in [2.45, 2.75) is 52.6 Å². The lowest BCUT2D eigenvalue weighted by Crippen LogP contribution is -2.55. The summed E-state index contributed by atoms with van der Waals surface area (Å²) in [5, 5.41) is 7.72. The van der Waals surface area contributed by atoms with E-state index in [4.69, 9.17) is 5.10 Å². The van der Waals surface area contributed by atoms with Crippen molar-refractivity contribution in [3.05, 3.63) is 82.3 Å².